The number of benzene rings is 1. The monoisotopic (exact) mass is 992 g/mol. The highest BCUT2D eigenvalue weighted by atomic mass is 33.1. The molecule has 2 fully saturated rings. The zero-order valence-electron chi connectivity index (χ0n) is 38.5. The molecule has 23 nitrogen and oxygen atoms in total. The molecule has 68 heavy (non-hydrogen) atoms. The Kier molecular flexibility index (Phi) is 22.9. The predicted molar refractivity (Wildman–Crippen MR) is 249 cm³/mol. The van der Waals surface area contributed by atoms with Crippen LogP contribution in [0.15, 0.2) is 24.3 Å². The highest BCUT2D eigenvalue weighted by molar-refractivity contribution is 8.76. The third-order valence-corrected chi connectivity index (χ3v) is 13.4. The van der Waals surface area contributed by atoms with Gasteiger partial charge in [-0.2, -0.15) is 0 Å². The van der Waals surface area contributed by atoms with Crippen molar-refractivity contribution in [1.82, 2.24) is 36.8 Å². The van der Waals surface area contributed by atoms with Gasteiger partial charge in [-0.15, -0.1) is 0 Å². The number of aromatic hydroxyl groups is 1. The summed E-state index contributed by atoms with van der Waals surface area (Å²) in [5, 5.41) is 25.0. The van der Waals surface area contributed by atoms with Gasteiger partial charge in [-0.05, 0) is 55.2 Å². The number of rotatable bonds is 17. The highest BCUT2D eigenvalue weighted by Crippen LogP contribution is 2.27. The number of nitrogens with zero attached hydrogens (tertiary/aromatic N) is 1. The van der Waals surface area contributed by atoms with Gasteiger partial charge in [0.15, 0.2) is 6.10 Å². The van der Waals surface area contributed by atoms with Crippen molar-refractivity contribution in [2.24, 2.45) is 29.0 Å². The van der Waals surface area contributed by atoms with Crippen LogP contribution in [0, 0.1) is 11.8 Å². The molecule has 2 saturated heterocycles. The first-order valence-electron chi connectivity index (χ1n) is 22.3. The van der Waals surface area contributed by atoms with E-state index in [2.05, 4.69) is 31.9 Å². The number of amides is 10. The van der Waals surface area contributed by atoms with E-state index in [1.165, 1.54) is 17.0 Å². The Bertz CT molecular complexity index is 2010. The van der Waals surface area contributed by atoms with E-state index in [1.54, 1.807) is 39.8 Å². The van der Waals surface area contributed by atoms with Crippen molar-refractivity contribution in [1.29, 1.82) is 0 Å². The molecule has 2 aliphatic heterocycles. The van der Waals surface area contributed by atoms with Gasteiger partial charge >= 0.3 is 5.97 Å². The number of ether oxygens (including phenoxy) is 1. The first kappa shape index (κ1) is 56.2. The second kappa shape index (κ2) is 27.6. The Labute approximate surface area is 401 Å². The number of nitrogens with one attached hydrogen (secondary N) is 6. The standard InChI is InChI=1S/C43H64N10O13S2/c1-5-23(4)36-41(63)49-26(12-13-32(44)55)37(59)50-28(19-33(45)56)38(60)51-29(21-68-67-16-14-35(58)48-27(39(61)52-36)18-24-8-10-25(54)11-9-24)42(64)53-15-6-7-30(53)43(65)66-31(17-22(2)3)40(62)47-20-34(46)57/h8-11,22-23,26-31,36,54H,5-7,12-21H2,1-4H3,(H2,44,55)(H2,45,56)(H2,46,57)(H,47,62)(H,48,58)(H,49,63)(H,50,59)(H,51,60)(H,52,61)/t23?,26?,27?,28?,29?,30-,31?,36?/m0/s1. The molecule has 0 radical (unpaired) electrons. The van der Waals surface area contributed by atoms with Crippen molar-refractivity contribution >= 4 is 86.6 Å². The van der Waals surface area contributed by atoms with Crippen LogP contribution in [-0.2, 0) is 63.9 Å². The van der Waals surface area contributed by atoms with Crippen LogP contribution < -0.4 is 49.1 Å². The minimum absolute atomic E-state index is 0.0282. The number of carbonyl (C=O) groups excluding carboxylic acids is 11. The second-order valence-electron chi connectivity index (χ2n) is 17.0. The molecule has 8 atom stereocenters. The molecule has 25 heteroatoms. The summed E-state index contributed by atoms with van der Waals surface area (Å²) in [6, 6.07) is -2.54. The van der Waals surface area contributed by atoms with E-state index in [0.29, 0.717) is 18.4 Å². The maximum atomic E-state index is 14.4. The number of phenols is 1. The number of phenolic OH excluding ortho intramolecular Hbond substituents is 1. The third kappa shape index (κ3) is 18.5. The van der Waals surface area contributed by atoms with E-state index >= 15 is 0 Å². The molecule has 0 aliphatic carbocycles. The molecule has 0 bridgehead atoms. The third-order valence-electron chi connectivity index (χ3n) is 11.0. The summed E-state index contributed by atoms with van der Waals surface area (Å²) in [7, 11) is 2.21. The van der Waals surface area contributed by atoms with Gasteiger partial charge in [-0.25, -0.2) is 4.79 Å². The van der Waals surface area contributed by atoms with Gasteiger partial charge in [0, 0.05) is 37.3 Å². The minimum Gasteiger partial charge on any atom is -0.508 e. The molecule has 3 rings (SSSR count). The smallest absolute Gasteiger partial charge is 0.329 e. The summed E-state index contributed by atoms with van der Waals surface area (Å²) < 4.78 is 5.61. The van der Waals surface area contributed by atoms with E-state index in [9.17, 15) is 57.8 Å². The zero-order chi connectivity index (χ0) is 50.7. The number of carbonyl (C=O) groups is 11. The molecule has 0 aromatic heterocycles. The molecule has 1 aromatic rings. The Balaban J connectivity index is 2.02. The van der Waals surface area contributed by atoms with Crippen LogP contribution in [0.2, 0.25) is 0 Å². The fraction of sp³-hybridized carbons (Fsp3) is 0.605. The molecular weight excluding hydrogens is 929 g/mol. The van der Waals surface area contributed by atoms with Crippen LogP contribution >= 0.6 is 21.6 Å². The van der Waals surface area contributed by atoms with Crippen molar-refractivity contribution < 1.29 is 62.6 Å². The topological polar surface area (TPSA) is 371 Å². The number of hydrogen-bond acceptors (Lipinski definition) is 15. The van der Waals surface area contributed by atoms with Crippen LogP contribution in [0.3, 0.4) is 0 Å². The van der Waals surface area contributed by atoms with Crippen LogP contribution in [0.4, 0.5) is 0 Å². The molecule has 13 N–H and O–H groups in total. The lowest BCUT2D eigenvalue weighted by molar-refractivity contribution is -0.163. The molecular formula is C43H64N10O13S2. The van der Waals surface area contributed by atoms with Crippen LogP contribution in [-0.4, -0.2) is 142 Å². The normalized spacial score (nSPS) is 23.4. The van der Waals surface area contributed by atoms with Gasteiger partial charge in [0.1, 0.15) is 42.0 Å². The van der Waals surface area contributed by atoms with E-state index < -0.39 is 133 Å². The molecule has 0 saturated carbocycles. The number of esters is 1. The van der Waals surface area contributed by atoms with Gasteiger partial charge < -0.3 is 63.8 Å². The van der Waals surface area contributed by atoms with Gasteiger partial charge in [0.2, 0.25) is 53.2 Å². The predicted octanol–water partition coefficient (Wildman–Crippen LogP) is -2.12. The first-order valence-corrected chi connectivity index (χ1v) is 24.8. The van der Waals surface area contributed by atoms with Crippen molar-refractivity contribution in [3.8, 4) is 5.75 Å². The van der Waals surface area contributed by atoms with Gasteiger partial charge in [0.25, 0.3) is 5.91 Å². The van der Waals surface area contributed by atoms with Crippen LogP contribution in [0.25, 0.3) is 0 Å². The molecule has 10 amide bonds. The summed E-state index contributed by atoms with van der Waals surface area (Å²) in [6.45, 7) is 6.51. The van der Waals surface area contributed by atoms with E-state index in [4.69, 9.17) is 21.9 Å². The largest absolute Gasteiger partial charge is 0.508 e. The number of nitrogens with two attached hydrogens (primary N) is 3. The summed E-state index contributed by atoms with van der Waals surface area (Å²) in [4.78, 5) is 147. The van der Waals surface area contributed by atoms with E-state index in [1.807, 2.05) is 0 Å². The molecule has 2 aliphatic rings. The summed E-state index contributed by atoms with van der Waals surface area (Å²) in [5.74, 6) is -10.2. The summed E-state index contributed by atoms with van der Waals surface area (Å²) in [6.07, 6.45) is -2.21. The molecule has 2 heterocycles. The number of hydrogen-bond donors (Lipinski definition) is 10. The maximum Gasteiger partial charge on any atom is 0.329 e. The Morgan fingerprint density at radius 3 is 2.09 bits per heavy atom. The van der Waals surface area contributed by atoms with Crippen molar-refractivity contribution in [2.75, 3.05) is 24.6 Å². The van der Waals surface area contributed by atoms with E-state index in [-0.39, 0.29) is 61.8 Å². The quantitative estimate of drug-likeness (QED) is 0.0590. The fourth-order valence-electron chi connectivity index (χ4n) is 7.17. The average molecular weight is 993 g/mol. The van der Waals surface area contributed by atoms with Gasteiger partial charge in [-0.1, -0.05) is 67.8 Å². The van der Waals surface area contributed by atoms with Gasteiger partial charge in [0.05, 0.1) is 13.0 Å². The second-order valence-corrected chi connectivity index (χ2v) is 19.6. The lowest BCUT2D eigenvalue weighted by atomic mass is 9.96. The SMILES string of the molecule is CCC(C)C1NC(=O)C(Cc2ccc(O)cc2)NC(=O)CCSSCC(C(=O)N2CCC[C@H]2C(=O)OC(CC(C)C)C(=O)NCC(N)=O)NC(=O)C(CC(N)=O)NC(=O)C(CCC(N)=O)NC1=O. The maximum absolute atomic E-state index is 14.4. The van der Waals surface area contributed by atoms with Crippen molar-refractivity contribution in [2.45, 2.75) is 128 Å². The first-order chi connectivity index (χ1) is 32.1. The lowest BCUT2D eigenvalue weighted by Crippen LogP contribution is -2.61. The van der Waals surface area contributed by atoms with Gasteiger partial charge in [-0.3, -0.25) is 47.9 Å². The van der Waals surface area contributed by atoms with Crippen molar-refractivity contribution in [3.63, 3.8) is 0 Å². The van der Waals surface area contributed by atoms with Crippen LogP contribution in [0.1, 0.15) is 84.6 Å². The molecule has 1 aromatic carbocycles. The summed E-state index contributed by atoms with van der Waals surface area (Å²) in [5.41, 5.74) is 16.6. The van der Waals surface area contributed by atoms with Crippen LogP contribution in [0.5, 0.6) is 5.75 Å². The summed E-state index contributed by atoms with van der Waals surface area (Å²) >= 11 is 0. The number of primary amides is 3. The van der Waals surface area contributed by atoms with Crippen molar-refractivity contribution in [3.05, 3.63) is 29.8 Å². The molecule has 376 valence electrons. The Morgan fingerprint density at radius 1 is 0.824 bits per heavy atom. The fourth-order valence-corrected chi connectivity index (χ4v) is 9.32. The minimum atomic E-state index is -1.74. The molecule has 7 unspecified atom stereocenters. The Hall–Kier alpha value is -6.11. The molecule has 0 spiro atoms. The zero-order valence-corrected chi connectivity index (χ0v) is 40.2. The average Bonchev–Trinajstić information content (AvgIpc) is 3.77. The number of likely N-dealkylation sites (tertiary alicyclic amines) is 1. The van der Waals surface area contributed by atoms with E-state index in [0.717, 1.165) is 21.6 Å². The highest BCUT2D eigenvalue weighted by Gasteiger charge is 2.41. The lowest BCUT2D eigenvalue weighted by Gasteiger charge is -2.31. The Morgan fingerprint density at radius 2 is 1.47 bits per heavy atom.